The third-order valence-corrected chi connectivity index (χ3v) is 5.02. The molecule has 150 valence electrons. The highest BCUT2D eigenvalue weighted by atomic mass is 16.5. The second-order valence-corrected chi connectivity index (χ2v) is 6.74. The van der Waals surface area contributed by atoms with Crippen molar-refractivity contribution in [3.63, 3.8) is 0 Å². The van der Waals surface area contributed by atoms with Gasteiger partial charge in [-0.25, -0.2) is 4.98 Å². The molecule has 0 aliphatic carbocycles. The van der Waals surface area contributed by atoms with Gasteiger partial charge in [0.2, 0.25) is 5.95 Å². The monoisotopic (exact) mass is 391 g/mol. The Morgan fingerprint density at radius 2 is 1.62 bits per heavy atom. The Labute approximate surface area is 170 Å². The van der Waals surface area contributed by atoms with Gasteiger partial charge in [0.1, 0.15) is 17.3 Å². The predicted octanol–water partition coefficient (Wildman–Crippen LogP) is 3.56. The molecule has 7 heteroatoms. The molecule has 1 aromatic heterocycles. The third-order valence-electron chi connectivity index (χ3n) is 5.02. The summed E-state index contributed by atoms with van der Waals surface area (Å²) in [7, 11) is 3.26. The molecule has 0 atom stereocenters. The highest BCUT2D eigenvalue weighted by Crippen LogP contribution is 2.31. The highest BCUT2D eigenvalue weighted by molar-refractivity contribution is 5.65. The molecule has 1 aliphatic rings. The average Bonchev–Trinajstić information content (AvgIpc) is 2.80. The van der Waals surface area contributed by atoms with Gasteiger partial charge in [-0.2, -0.15) is 4.98 Å². The summed E-state index contributed by atoms with van der Waals surface area (Å²) in [6, 6.07) is 18.1. The van der Waals surface area contributed by atoms with Gasteiger partial charge in [0.05, 0.1) is 19.9 Å². The molecule has 0 unspecified atom stereocenters. The van der Waals surface area contributed by atoms with E-state index in [9.17, 15) is 0 Å². The molecule has 0 amide bonds. The fourth-order valence-electron chi connectivity index (χ4n) is 3.44. The van der Waals surface area contributed by atoms with Crippen LogP contribution in [0.5, 0.6) is 11.5 Å². The maximum absolute atomic E-state index is 5.45. The van der Waals surface area contributed by atoms with Crippen LogP contribution in [0.3, 0.4) is 0 Å². The molecule has 0 radical (unpaired) electrons. The average molecular weight is 391 g/mol. The molecule has 7 nitrogen and oxygen atoms in total. The summed E-state index contributed by atoms with van der Waals surface area (Å²) in [5.74, 6) is 2.87. The topological polar surface area (TPSA) is 62.8 Å². The number of anilines is 4. The van der Waals surface area contributed by atoms with Crippen molar-refractivity contribution in [3.8, 4) is 11.5 Å². The van der Waals surface area contributed by atoms with Crippen LogP contribution in [0.4, 0.5) is 23.1 Å². The summed E-state index contributed by atoms with van der Waals surface area (Å²) in [5.41, 5.74) is 2.06. The molecule has 1 saturated heterocycles. The summed E-state index contributed by atoms with van der Waals surface area (Å²) in [5, 5.41) is 3.25. The van der Waals surface area contributed by atoms with Gasteiger partial charge in [-0.1, -0.05) is 18.2 Å². The fraction of sp³-hybridized carbons (Fsp3) is 0.273. The Morgan fingerprint density at radius 3 is 2.34 bits per heavy atom. The summed E-state index contributed by atoms with van der Waals surface area (Å²) in [6.45, 7) is 3.75. The minimum atomic E-state index is 0.538. The highest BCUT2D eigenvalue weighted by Gasteiger charge is 2.19. The molecular weight excluding hydrogens is 366 g/mol. The van der Waals surface area contributed by atoms with Crippen molar-refractivity contribution >= 4 is 23.1 Å². The van der Waals surface area contributed by atoms with Gasteiger partial charge in [-0.3, -0.25) is 0 Å². The van der Waals surface area contributed by atoms with E-state index < -0.39 is 0 Å². The number of hydrogen-bond donors (Lipinski definition) is 1. The molecule has 3 aromatic rings. The lowest BCUT2D eigenvalue weighted by Gasteiger charge is -2.36. The van der Waals surface area contributed by atoms with Gasteiger partial charge in [-0.15, -0.1) is 0 Å². The molecule has 4 rings (SSSR count). The number of nitrogens with zero attached hydrogens (tertiary/aromatic N) is 4. The molecule has 29 heavy (non-hydrogen) atoms. The van der Waals surface area contributed by atoms with E-state index in [1.807, 2.05) is 30.3 Å². The SMILES string of the molecule is COc1ccc(Nc2nccc(N3CCN(c4ccccc4)CC3)n2)c(OC)c1. The van der Waals surface area contributed by atoms with Gasteiger partial charge in [0.25, 0.3) is 0 Å². The zero-order chi connectivity index (χ0) is 20.1. The van der Waals surface area contributed by atoms with Crippen molar-refractivity contribution < 1.29 is 9.47 Å². The molecule has 1 aliphatic heterocycles. The largest absolute Gasteiger partial charge is 0.497 e. The minimum absolute atomic E-state index is 0.538. The molecule has 0 saturated carbocycles. The predicted molar refractivity (Wildman–Crippen MR) is 116 cm³/mol. The molecule has 1 N–H and O–H groups in total. The number of aromatic nitrogens is 2. The number of rotatable bonds is 6. The number of benzene rings is 2. The van der Waals surface area contributed by atoms with Crippen molar-refractivity contribution in [1.29, 1.82) is 0 Å². The lowest BCUT2D eigenvalue weighted by Crippen LogP contribution is -2.46. The number of hydrogen-bond acceptors (Lipinski definition) is 7. The maximum atomic E-state index is 5.45. The summed E-state index contributed by atoms with van der Waals surface area (Å²) >= 11 is 0. The van der Waals surface area contributed by atoms with Crippen LogP contribution in [0.1, 0.15) is 0 Å². The van der Waals surface area contributed by atoms with E-state index in [0.717, 1.165) is 43.4 Å². The van der Waals surface area contributed by atoms with Crippen LogP contribution in [-0.2, 0) is 0 Å². The zero-order valence-electron chi connectivity index (χ0n) is 16.7. The van der Waals surface area contributed by atoms with Crippen molar-refractivity contribution in [1.82, 2.24) is 9.97 Å². The minimum Gasteiger partial charge on any atom is -0.497 e. The van der Waals surface area contributed by atoms with Crippen LogP contribution < -0.4 is 24.6 Å². The molecule has 1 fully saturated rings. The van der Waals surface area contributed by atoms with Crippen LogP contribution in [0.15, 0.2) is 60.8 Å². The number of ether oxygens (including phenoxy) is 2. The Bertz CT molecular complexity index is 943. The normalized spacial score (nSPS) is 13.9. The van der Waals surface area contributed by atoms with E-state index >= 15 is 0 Å². The van der Waals surface area contributed by atoms with Gasteiger partial charge < -0.3 is 24.6 Å². The first kappa shape index (κ1) is 18.9. The number of nitrogens with one attached hydrogen (secondary N) is 1. The van der Waals surface area contributed by atoms with Crippen LogP contribution in [0.25, 0.3) is 0 Å². The van der Waals surface area contributed by atoms with Crippen molar-refractivity contribution in [2.24, 2.45) is 0 Å². The summed E-state index contributed by atoms with van der Waals surface area (Å²) in [4.78, 5) is 13.8. The van der Waals surface area contributed by atoms with Crippen LogP contribution in [0.2, 0.25) is 0 Å². The van der Waals surface area contributed by atoms with Crippen LogP contribution in [0, 0.1) is 0 Å². The van der Waals surface area contributed by atoms with E-state index in [4.69, 9.17) is 14.5 Å². The van der Waals surface area contributed by atoms with E-state index in [1.165, 1.54) is 5.69 Å². The molecular formula is C22H25N5O2. The first-order valence-corrected chi connectivity index (χ1v) is 9.64. The van der Waals surface area contributed by atoms with Gasteiger partial charge >= 0.3 is 0 Å². The standard InChI is InChI=1S/C22H25N5O2/c1-28-18-8-9-19(20(16-18)29-2)24-22-23-11-10-21(25-22)27-14-12-26(13-15-27)17-6-4-3-5-7-17/h3-11,16H,12-15H2,1-2H3,(H,23,24,25). The Kier molecular flexibility index (Phi) is 5.65. The summed E-state index contributed by atoms with van der Waals surface area (Å²) < 4.78 is 10.7. The van der Waals surface area contributed by atoms with Gasteiger partial charge in [0, 0.05) is 44.1 Å². The summed E-state index contributed by atoms with van der Waals surface area (Å²) in [6.07, 6.45) is 1.78. The van der Waals surface area contributed by atoms with E-state index in [1.54, 1.807) is 20.4 Å². The zero-order valence-corrected chi connectivity index (χ0v) is 16.7. The van der Waals surface area contributed by atoms with Crippen molar-refractivity contribution in [2.45, 2.75) is 0 Å². The van der Waals surface area contributed by atoms with Crippen molar-refractivity contribution in [3.05, 3.63) is 60.8 Å². The first-order valence-electron chi connectivity index (χ1n) is 9.64. The van der Waals surface area contributed by atoms with Crippen LogP contribution in [-0.4, -0.2) is 50.4 Å². The quantitative estimate of drug-likeness (QED) is 0.689. The van der Waals surface area contributed by atoms with Gasteiger partial charge in [-0.05, 0) is 30.3 Å². The van der Waals surface area contributed by atoms with Gasteiger partial charge in [0.15, 0.2) is 0 Å². The Hall–Kier alpha value is -3.48. The fourth-order valence-corrected chi connectivity index (χ4v) is 3.44. The second kappa shape index (κ2) is 8.68. The van der Waals surface area contributed by atoms with Crippen molar-refractivity contribution in [2.75, 3.05) is 55.5 Å². The number of para-hydroxylation sites is 1. The smallest absolute Gasteiger partial charge is 0.229 e. The van der Waals surface area contributed by atoms with E-state index in [0.29, 0.717) is 11.7 Å². The van der Waals surface area contributed by atoms with Crippen LogP contribution >= 0.6 is 0 Å². The lowest BCUT2D eigenvalue weighted by molar-refractivity contribution is 0.395. The Morgan fingerprint density at radius 1 is 0.862 bits per heavy atom. The first-order chi connectivity index (χ1) is 14.3. The lowest BCUT2D eigenvalue weighted by atomic mass is 10.2. The second-order valence-electron chi connectivity index (χ2n) is 6.74. The molecule has 2 heterocycles. The molecule has 0 bridgehead atoms. The number of methoxy groups -OCH3 is 2. The molecule has 2 aromatic carbocycles. The molecule has 0 spiro atoms. The van der Waals surface area contributed by atoms with E-state index in [-0.39, 0.29) is 0 Å². The van der Waals surface area contributed by atoms with E-state index in [2.05, 4.69) is 44.4 Å². The Balaban J connectivity index is 1.44. The third kappa shape index (κ3) is 4.34. The number of piperazine rings is 1. The maximum Gasteiger partial charge on any atom is 0.229 e.